The van der Waals surface area contributed by atoms with Crippen LogP contribution in [0.25, 0.3) is 5.69 Å². The van der Waals surface area contributed by atoms with Gasteiger partial charge < -0.3 is 14.4 Å². The van der Waals surface area contributed by atoms with Crippen molar-refractivity contribution in [3.05, 3.63) is 47.3 Å². The lowest BCUT2D eigenvalue weighted by Gasteiger charge is -2.21. The predicted molar refractivity (Wildman–Crippen MR) is 74.9 cm³/mol. The maximum absolute atomic E-state index is 10.0. The summed E-state index contributed by atoms with van der Waals surface area (Å²) in [5.74, 6) is 0.669. The van der Waals surface area contributed by atoms with Crippen LogP contribution in [0.5, 0.6) is 5.75 Å². The molecule has 0 saturated heterocycles. The number of benzene rings is 1. The first-order valence-corrected chi connectivity index (χ1v) is 6.71. The van der Waals surface area contributed by atoms with Crippen LogP contribution in [0.1, 0.15) is 35.8 Å². The average molecular weight is 268 g/mol. The Morgan fingerprint density at radius 2 is 2.25 bits per heavy atom. The molecule has 1 aliphatic rings. The van der Waals surface area contributed by atoms with Gasteiger partial charge in [-0.25, -0.2) is 0 Å². The van der Waals surface area contributed by atoms with Gasteiger partial charge in [0.15, 0.2) is 0 Å². The van der Waals surface area contributed by atoms with E-state index in [0.29, 0.717) is 11.3 Å². The third kappa shape index (κ3) is 1.97. The summed E-state index contributed by atoms with van der Waals surface area (Å²) >= 11 is 0. The van der Waals surface area contributed by atoms with Gasteiger partial charge in [0.25, 0.3) is 0 Å². The molecule has 3 rings (SSSR count). The van der Waals surface area contributed by atoms with E-state index in [1.165, 1.54) is 0 Å². The molecule has 102 valence electrons. The lowest BCUT2D eigenvalue weighted by Crippen LogP contribution is -2.11. The highest BCUT2D eigenvalue weighted by molar-refractivity contribution is 5.53. The average Bonchev–Trinajstić information content (AvgIpc) is 2.91. The predicted octanol–water partition coefficient (Wildman–Crippen LogP) is 2.73. The molecule has 0 radical (unpaired) electrons. The monoisotopic (exact) mass is 268 g/mol. The molecule has 20 heavy (non-hydrogen) atoms. The summed E-state index contributed by atoms with van der Waals surface area (Å²) in [5.41, 5.74) is 3.61. The van der Waals surface area contributed by atoms with E-state index in [1.807, 2.05) is 18.3 Å². The zero-order chi connectivity index (χ0) is 14.1. The van der Waals surface area contributed by atoms with E-state index in [-0.39, 0.29) is 6.10 Å². The van der Waals surface area contributed by atoms with Crippen LogP contribution in [-0.4, -0.2) is 16.8 Å². The summed E-state index contributed by atoms with van der Waals surface area (Å²) in [6.45, 7) is 0. The number of rotatable bonds is 2. The van der Waals surface area contributed by atoms with Crippen LogP contribution in [0.3, 0.4) is 0 Å². The highest BCUT2D eigenvalue weighted by Gasteiger charge is 2.22. The van der Waals surface area contributed by atoms with E-state index in [0.717, 1.165) is 36.2 Å². The SMILES string of the molecule is COc1cc(C#N)ccc1-n1ccc2c1CCCC2O. The van der Waals surface area contributed by atoms with E-state index < -0.39 is 0 Å². The van der Waals surface area contributed by atoms with Crippen LogP contribution < -0.4 is 4.74 Å². The van der Waals surface area contributed by atoms with E-state index >= 15 is 0 Å². The maximum Gasteiger partial charge on any atom is 0.144 e. The van der Waals surface area contributed by atoms with Crippen LogP contribution in [0.4, 0.5) is 0 Å². The topological polar surface area (TPSA) is 58.2 Å². The molecule has 1 atom stereocenters. The van der Waals surface area contributed by atoms with Gasteiger partial charge in [-0.3, -0.25) is 0 Å². The first kappa shape index (κ1) is 12.8. The van der Waals surface area contributed by atoms with Gasteiger partial charge in [0.2, 0.25) is 0 Å². The fourth-order valence-corrected chi connectivity index (χ4v) is 2.84. The summed E-state index contributed by atoms with van der Waals surface area (Å²) in [6.07, 6.45) is 4.34. The summed E-state index contributed by atoms with van der Waals surface area (Å²) in [5, 5.41) is 19.0. The molecule has 0 saturated carbocycles. The number of aromatic nitrogens is 1. The Kier molecular flexibility index (Phi) is 3.21. The minimum Gasteiger partial charge on any atom is -0.495 e. The van der Waals surface area contributed by atoms with Crippen LogP contribution >= 0.6 is 0 Å². The zero-order valence-corrected chi connectivity index (χ0v) is 11.3. The molecule has 1 unspecified atom stereocenters. The Hall–Kier alpha value is -2.25. The van der Waals surface area contributed by atoms with Crippen molar-refractivity contribution in [3.63, 3.8) is 0 Å². The number of hydrogen-bond acceptors (Lipinski definition) is 3. The van der Waals surface area contributed by atoms with E-state index in [9.17, 15) is 5.11 Å². The van der Waals surface area contributed by atoms with Gasteiger partial charge in [0.1, 0.15) is 5.75 Å². The van der Waals surface area contributed by atoms with Crippen LogP contribution in [0.2, 0.25) is 0 Å². The Balaban J connectivity index is 2.13. The number of aliphatic hydroxyl groups excluding tert-OH is 1. The fraction of sp³-hybridized carbons (Fsp3) is 0.312. The Bertz CT molecular complexity index is 682. The van der Waals surface area contributed by atoms with Crippen molar-refractivity contribution < 1.29 is 9.84 Å². The molecule has 0 aliphatic heterocycles. The van der Waals surface area contributed by atoms with Gasteiger partial charge in [-0.2, -0.15) is 5.26 Å². The molecule has 1 heterocycles. The van der Waals surface area contributed by atoms with E-state index in [1.54, 1.807) is 19.2 Å². The van der Waals surface area contributed by atoms with E-state index in [2.05, 4.69) is 10.6 Å². The van der Waals surface area contributed by atoms with Crippen molar-refractivity contribution in [1.29, 1.82) is 5.26 Å². The van der Waals surface area contributed by atoms with Crippen molar-refractivity contribution >= 4 is 0 Å². The Morgan fingerprint density at radius 3 is 3.00 bits per heavy atom. The number of aliphatic hydroxyl groups is 1. The van der Waals surface area contributed by atoms with Gasteiger partial charge in [-0.15, -0.1) is 0 Å². The Labute approximate surface area is 117 Å². The first-order valence-electron chi connectivity index (χ1n) is 6.71. The maximum atomic E-state index is 10.0. The summed E-state index contributed by atoms with van der Waals surface area (Å²) < 4.78 is 7.45. The molecule has 0 bridgehead atoms. The number of fused-ring (bicyclic) bond motifs is 1. The van der Waals surface area contributed by atoms with Crippen molar-refractivity contribution in [2.24, 2.45) is 0 Å². The second kappa shape index (κ2) is 5.03. The molecule has 0 spiro atoms. The molecular formula is C16H16N2O2. The molecule has 4 heteroatoms. The first-order chi connectivity index (χ1) is 9.74. The Morgan fingerprint density at radius 1 is 1.40 bits per heavy atom. The molecular weight excluding hydrogens is 252 g/mol. The lowest BCUT2D eigenvalue weighted by atomic mass is 9.95. The second-order valence-electron chi connectivity index (χ2n) is 4.99. The normalized spacial score (nSPS) is 17.4. The highest BCUT2D eigenvalue weighted by atomic mass is 16.5. The van der Waals surface area contributed by atoms with Crippen LogP contribution in [0, 0.1) is 11.3 Å². The number of ether oxygens (including phenoxy) is 1. The van der Waals surface area contributed by atoms with Crippen molar-refractivity contribution in [1.82, 2.24) is 4.57 Å². The summed E-state index contributed by atoms with van der Waals surface area (Å²) in [6, 6.07) is 9.49. The third-order valence-electron chi connectivity index (χ3n) is 3.85. The molecule has 0 fully saturated rings. The van der Waals surface area contributed by atoms with Crippen LogP contribution in [-0.2, 0) is 6.42 Å². The lowest BCUT2D eigenvalue weighted by molar-refractivity contribution is 0.156. The fourth-order valence-electron chi connectivity index (χ4n) is 2.84. The van der Waals surface area contributed by atoms with Gasteiger partial charge >= 0.3 is 0 Å². The molecule has 2 aromatic rings. The second-order valence-corrected chi connectivity index (χ2v) is 4.99. The molecule has 0 amide bonds. The number of methoxy groups -OCH3 is 1. The van der Waals surface area contributed by atoms with Gasteiger partial charge in [-0.05, 0) is 37.5 Å². The summed E-state index contributed by atoms with van der Waals surface area (Å²) in [7, 11) is 1.60. The smallest absolute Gasteiger partial charge is 0.144 e. The molecule has 1 aromatic heterocycles. The third-order valence-corrected chi connectivity index (χ3v) is 3.85. The van der Waals surface area contributed by atoms with Crippen molar-refractivity contribution in [2.75, 3.05) is 7.11 Å². The zero-order valence-electron chi connectivity index (χ0n) is 11.3. The largest absolute Gasteiger partial charge is 0.495 e. The van der Waals surface area contributed by atoms with Gasteiger partial charge in [-0.1, -0.05) is 0 Å². The van der Waals surface area contributed by atoms with Crippen LogP contribution in [0.15, 0.2) is 30.5 Å². The minimum atomic E-state index is -0.371. The molecule has 1 aliphatic carbocycles. The van der Waals surface area contributed by atoms with Crippen molar-refractivity contribution in [3.8, 4) is 17.5 Å². The number of nitrogens with zero attached hydrogens (tertiary/aromatic N) is 2. The van der Waals surface area contributed by atoms with Gasteiger partial charge in [0, 0.05) is 23.5 Å². The quantitative estimate of drug-likeness (QED) is 0.911. The highest BCUT2D eigenvalue weighted by Crippen LogP contribution is 2.34. The molecule has 1 aromatic carbocycles. The number of hydrogen-bond donors (Lipinski definition) is 1. The number of nitriles is 1. The minimum absolute atomic E-state index is 0.371. The molecule has 1 N–H and O–H groups in total. The van der Waals surface area contributed by atoms with Gasteiger partial charge in [0.05, 0.1) is 30.5 Å². The standard InChI is InChI=1S/C16H16N2O2/c1-20-16-9-11(10-17)5-6-14(16)18-8-7-12-13(18)3-2-4-15(12)19/h5-9,15,19H,2-4H2,1H3. The molecule has 4 nitrogen and oxygen atoms in total. The van der Waals surface area contributed by atoms with E-state index in [4.69, 9.17) is 10.00 Å². The summed E-state index contributed by atoms with van der Waals surface area (Å²) in [4.78, 5) is 0. The van der Waals surface area contributed by atoms with Crippen molar-refractivity contribution in [2.45, 2.75) is 25.4 Å².